The van der Waals surface area contributed by atoms with Crippen LogP contribution in [0.25, 0.3) is 0 Å². The lowest BCUT2D eigenvalue weighted by molar-refractivity contribution is -0.118. The molecule has 0 radical (unpaired) electrons. The van der Waals surface area contributed by atoms with Gasteiger partial charge in [-0.15, -0.1) is 0 Å². The first-order chi connectivity index (χ1) is 10.8. The number of benzene rings is 2. The van der Waals surface area contributed by atoms with Crippen LogP contribution in [0.5, 0.6) is 5.75 Å². The second-order valence-corrected chi connectivity index (χ2v) is 6.92. The molecule has 0 bridgehead atoms. The second kappa shape index (κ2) is 7.75. The van der Waals surface area contributed by atoms with Gasteiger partial charge in [0.15, 0.2) is 6.61 Å². The van der Waals surface area contributed by atoms with Crippen LogP contribution in [0.1, 0.15) is 11.1 Å². The summed E-state index contributed by atoms with van der Waals surface area (Å²) >= 11 is 21.4. The van der Waals surface area contributed by atoms with Crippen molar-refractivity contribution in [2.45, 2.75) is 13.8 Å². The molecule has 0 saturated heterocycles. The third-order valence-corrected chi connectivity index (χ3v) is 5.25. The summed E-state index contributed by atoms with van der Waals surface area (Å²) in [6.45, 7) is 3.60. The van der Waals surface area contributed by atoms with Crippen LogP contribution >= 0.6 is 50.7 Å². The summed E-state index contributed by atoms with van der Waals surface area (Å²) in [5, 5.41) is 4.21. The third-order valence-electron chi connectivity index (χ3n) is 3.13. The average Bonchev–Trinajstić information content (AvgIpc) is 2.50. The van der Waals surface area contributed by atoms with Gasteiger partial charge in [0.1, 0.15) is 5.75 Å². The Balaban J connectivity index is 2.05. The minimum Gasteiger partial charge on any atom is -0.483 e. The standard InChI is InChI=1S/C16H13BrCl3NO2/c1-8-5-13(15(17)9(2)16(8)20)23-7-14(22)21-12-4-3-10(18)6-11(12)19/h3-6H,7H2,1-2H3,(H,21,22). The van der Waals surface area contributed by atoms with Crippen LogP contribution < -0.4 is 10.1 Å². The van der Waals surface area contributed by atoms with Gasteiger partial charge in [-0.25, -0.2) is 0 Å². The summed E-state index contributed by atoms with van der Waals surface area (Å²) in [7, 11) is 0. The fourth-order valence-electron chi connectivity index (χ4n) is 1.93. The van der Waals surface area contributed by atoms with Gasteiger partial charge in [0.2, 0.25) is 0 Å². The highest BCUT2D eigenvalue weighted by Crippen LogP contribution is 2.35. The van der Waals surface area contributed by atoms with E-state index in [0.717, 1.165) is 15.6 Å². The van der Waals surface area contributed by atoms with Gasteiger partial charge in [-0.3, -0.25) is 4.79 Å². The molecule has 2 rings (SSSR count). The maximum Gasteiger partial charge on any atom is 0.262 e. The van der Waals surface area contributed by atoms with Crippen molar-refractivity contribution in [2.24, 2.45) is 0 Å². The molecule has 0 heterocycles. The van der Waals surface area contributed by atoms with Crippen LogP contribution in [0.15, 0.2) is 28.7 Å². The largest absolute Gasteiger partial charge is 0.483 e. The Morgan fingerprint density at radius 2 is 1.91 bits per heavy atom. The molecule has 0 fully saturated rings. The van der Waals surface area contributed by atoms with Gasteiger partial charge in [-0.2, -0.15) is 0 Å². The fraction of sp³-hybridized carbons (Fsp3) is 0.188. The van der Waals surface area contributed by atoms with E-state index in [9.17, 15) is 4.79 Å². The SMILES string of the molecule is Cc1cc(OCC(=O)Nc2ccc(Cl)cc2Cl)c(Br)c(C)c1Cl. The maximum atomic E-state index is 12.0. The topological polar surface area (TPSA) is 38.3 Å². The zero-order valence-corrected chi connectivity index (χ0v) is 16.2. The van der Waals surface area contributed by atoms with Crippen molar-refractivity contribution in [1.29, 1.82) is 0 Å². The Morgan fingerprint density at radius 3 is 2.57 bits per heavy atom. The summed E-state index contributed by atoms with van der Waals surface area (Å²) in [5.41, 5.74) is 2.22. The summed E-state index contributed by atoms with van der Waals surface area (Å²) < 4.78 is 6.29. The Bertz CT molecular complexity index is 765. The summed E-state index contributed by atoms with van der Waals surface area (Å²) in [4.78, 5) is 12.0. The lowest BCUT2D eigenvalue weighted by atomic mass is 10.1. The van der Waals surface area contributed by atoms with Crippen LogP contribution in [0, 0.1) is 13.8 Å². The molecule has 0 saturated carbocycles. The molecule has 2 aromatic carbocycles. The number of amides is 1. The Hall–Kier alpha value is -0.940. The van der Waals surface area contributed by atoms with E-state index >= 15 is 0 Å². The van der Waals surface area contributed by atoms with Gasteiger partial charge in [-0.05, 0) is 65.2 Å². The van der Waals surface area contributed by atoms with Crippen molar-refractivity contribution in [2.75, 3.05) is 11.9 Å². The van der Waals surface area contributed by atoms with Crippen molar-refractivity contribution in [3.05, 3.63) is 54.9 Å². The van der Waals surface area contributed by atoms with Crippen molar-refractivity contribution in [3.63, 3.8) is 0 Å². The second-order valence-electron chi connectivity index (χ2n) is 4.91. The van der Waals surface area contributed by atoms with Crippen molar-refractivity contribution in [1.82, 2.24) is 0 Å². The van der Waals surface area contributed by atoms with Gasteiger partial charge in [0.25, 0.3) is 5.91 Å². The zero-order valence-electron chi connectivity index (χ0n) is 12.3. The smallest absolute Gasteiger partial charge is 0.262 e. The Labute approximate surface area is 158 Å². The first-order valence-electron chi connectivity index (χ1n) is 6.62. The molecule has 0 aromatic heterocycles. The minimum absolute atomic E-state index is 0.155. The monoisotopic (exact) mass is 435 g/mol. The Kier molecular flexibility index (Phi) is 6.20. The van der Waals surface area contributed by atoms with Gasteiger partial charge in [-0.1, -0.05) is 34.8 Å². The number of hydrogen-bond acceptors (Lipinski definition) is 2. The molecule has 7 heteroatoms. The van der Waals surface area contributed by atoms with Crippen LogP contribution in [0.4, 0.5) is 5.69 Å². The molecule has 0 aliphatic rings. The minimum atomic E-state index is -0.327. The fourth-order valence-corrected chi connectivity index (χ4v) is 3.07. The van der Waals surface area contributed by atoms with Crippen molar-refractivity contribution >= 4 is 62.3 Å². The van der Waals surface area contributed by atoms with Gasteiger partial charge >= 0.3 is 0 Å². The summed E-state index contributed by atoms with van der Waals surface area (Å²) in [6, 6.07) is 6.62. The van der Waals surface area contributed by atoms with E-state index < -0.39 is 0 Å². The number of hydrogen-bond donors (Lipinski definition) is 1. The molecule has 122 valence electrons. The number of carbonyl (C=O) groups is 1. The summed E-state index contributed by atoms with van der Waals surface area (Å²) in [6.07, 6.45) is 0. The number of anilines is 1. The van der Waals surface area contributed by atoms with E-state index in [0.29, 0.717) is 26.5 Å². The lowest BCUT2D eigenvalue weighted by Gasteiger charge is -2.13. The van der Waals surface area contributed by atoms with E-state index in [-0.39, 0.29) is 12.5 Å². The van der Waals surface area contributed by atoms with Crippen LogP contribution in [-0.4, -0.2) is 12.5 Å². The normalized spacial score (nSPS) is 10.5. The maximum absolute atomic E-state index is 12.0. The van der Waals surface area contributed by atoms with Gasteiger partial charge in [0.05, 0.1) is 15.2 Å². The predicted molar refractivity (Wildman–Crippen MR) is 99.2 cm³/mol. The average molecular weight is 438 g/mol. The quantitative estimate of drug-likeness (QED) is 0.633. The van der Waals surface area contributed by atoms with Crippen LogP contribution in [0.3, 0.4) is 0 Å². The van der Waals surface area contributed by atoms with Crippen LogP contribution in [0.2, 0.25) is 15.1 Å². The molecular formula is C16H13BrCl3NO2. The molecule has 0 spiro atoms. The summed E-state index contributed by atoms with van der Waals surface area (Å²) in [5.74, 6) is 0.230. The number of nitrogens with one attached hydrogen (secondary N) is 1. The lowest BCUT2D eigenvalue weighted by Crippen LogP contribution is -2.20. The number of aryl methyl sites for hydroxylation is 1. The first kappa shape index (κ1) is 18.4. The molecule has 1 N–H and O–H groups in total. The van der Waals surface area contributed by atoms with E-state index in [2.05, 4.69) is 21.2 Å². The predicted octanol–water partition coefficient (Wildman–Crippen LogP) is 6.04. The number of ether oxygens (including phenoxy) is 1. The third kappa shape index (κ3) is 4.54. The van der Waals surface area contributed by atoms with Gasteiger partial charge < -0.3 is 10.1 Å². The highest BCUT2D eigenvalue weighted by molar-refractivity contribution is 9.10. The number of halogens is 4. The van der Waals surface area contributed by atoms with E-state index in [4.69, 9.17) is 39.5 Å². The van der Waals surface area contributed by atoms with E-state index in [1.54, 1.807) is 24.3 Å². The van der Waals surface area contributed by atoms with Gasteiger partial charge in [0, 0.05) is 10.0 Å². The molecule has 0 aliphatic carbocycles. The molecule has 1 amide bonds. The Morgan fingerprint density at radius 1 is 1.22 bits per heavy atom. The number of carbonyl (C=O) groups excluding carboxylic acids is 1. The van der Waals surface area contributed by atoms with E-state index in [1.165, 1.54) is 0 Å². The van der Waals surface area contributed by atoms with E-state index in [1.807, 2.05) is 13.8 Å². The van der Waals surface area contributed by atoms with Crippen molar-refractivity contribution in [3.8, 4) is 5.75 Å². The molecule has 3 nitrogen and oxygen atoms in total. The molecule has 0 unspecified atom stereocenters. The molecular weight excluding hydrogens is 424 g/mol. The molecule has 0 aliphatic heterocycles. The first-order valence-corrected chi connectivity index (χ1v) is 8.55. The molecule has 23 heavy (non-hydrogen) atoms. The highest BCUT2D eigenvalue weighted by atomic mass is 79.9. The highest BCUT2D eigenvalue weighted by Gasteiger charge is 2.13. The van der Waals surface area contributed by atoms with Crippen molar-refractivity contribution < 1.29 is 9.53 Å². The molecule has 2 aromatic rings. The zero-order chi connectivity index (χ0) is 17.1. The number of rotatable bonds is 4. The van der Waals surface area contributed by atoms with Crippen LogP contribution in [-0.2, 0) is 4.79 Å². The molecule has 0 atom stereocenters.